The topological polar surface area (TPSA) is 107 Å². The third-order valence-corrected chi connectivity index (χ3v) is 10.5. The molecule has 3 aromatic rings. The molecule has 0 amide bonds. The number of ether oxygens (including phenoxy) is 2. The number of hydrogen-bond acceptors (Lipinski definition) is 6. The number of para-hydroxylation sites is 1. The number of Topliss-reactive ketones (excluding diaryl/α,β-unsaturated/α-hetero) is 1. The van der Waals surface area contributed by atoms with Crippen LogP contribution in [0.4, 0.5) is 0 Å². The third-order valence-electron chi connectivity index (χ3n) is 10.5. The van der Waals surface area contributed by atoms with Crippen molar-refractivity contribution in [2.75, 3.05) is 14.2 Å². The van der Waals surface area contributed by atoms with Crippen molar-refractivity contribution >= 4 is 56.0 Å². The Labute approximate surface area is 287 Å². The quantitative estimate of drug-likeness (QED) is 0.194. The fourth-order valence-corrected chi connectivity index (χ4v) is 7.59. The van der Waals surface area contributed by atoms with Crippen LogP contribution in [-0.4, -0.2) is 35.9 Å². The molecule has 0 saturated carbocycles. The van der Waals surface area contributed by atoms with E-state index in [-0.39, 0.29) is 43.1 Å². The van der Waals surface area contributed by atoms with Crippen LogP contribution in [0.5, 0.6) is 0 Å². The SMILES string of the molecule is CCC1=C(C)c2cc3[n-]c4c(cccc4c4nc(c5c6[n-]c(cc1n2)c(C)c6C(OC)C5=O)C(CCC(=O)OC)=C4C)C3(C)CC.[Zn+2]. The van der Waals surface area contributed by atoms with E-state index in [9.17, 15) is 9.59 Å². The maximum absolute atomic E-state index is 14.2. The average molecular weight is 680 g/mol. The zero-order chi connectivity index (χ0) is 32.7. The molecule has 1 aliphatic carbocycles. The first-order chi connectivity index (χ1) is 22.1. The number of aromatic nitrogens is 4. The molecule has 0 saturated heterocycles. The van der Waals surface area contributed by atoms with Crippen molar-refractivity contribution in [2.24, 2.45) is 0 Å². The van der Waals surface area contributed by atoms with E-state index in [2.05, 4.69) is 52.0 Å². The Kier molecular flexibility index (Phi) is 8.38. The summed E-state index contributed by atoms with van der Waals surface area (Å²) in [4.78, 5) is 47.3. The normalized spacial score (nSPS) is 19.1. The zero-order valence-electron chi connectivity index (χ0n) is 28.4. The van der Waals surface area contributed by atoms with Crippen LogP contribution in [-0.2, 0) is 39.2 Å². The number of nitrogens with zero attached hydrogens (tertiary/aromatic N) is 4. The Morgan fingerprint density at radius 3 is 2.40 bits per heavy atom. The second-order valence-electron chi connectivity index (χ2n) is 12.7. The molecule has 1 aromatic carbocycles. The van der Waals surface area contributed by atoms with E-state index in [4.69, 9.17) is 29.4 Å². The van der Waals surface area contributed by atoms with Gasteiger partial charge in [-0.25, -0.2) is 9.97 Å². The Morgan fingerprint density at radius 1 is 0.957 bits per heavy atom. The minimum absolute atomic E-state index is 0. The Morgan fingerprint density at radius 2 is 1.72 bits per heavy atom. The first-order valence-corrected chi connectivity index (χ1v) is 16.0. The molecular formula is C38H38N4O4Zn. The number of rotatable bonds is 6. The molecule has 7 rings (SSSR count). The van der Waals surface area contributed by atoms with E-state index in [1.165, 1.54) is 12.7 Å². The molecule has 2 atom stereocenters. The van der Waals surface area contributed by atoms with Crippen LogP contribution in [0.2, 0.25) is 0 Å². The van der Waals surface area contributed by atoms with Crippen LogP contribution >= 0.6 is 0 Å². The Bertz CT molecular complexity index is 2150. The molecule has 9 heteroatoms. The van der Waals surface area contributed by atoms with Crippen molar-refractivity contribution in [3.05, 3.63) is 81.1 Å². The van der Waals surface area contributed by atoms with Crippen molar-refractivity contribution < 1.29 is 38.5 Å². The van der Waals surface area contributed by atoms with Crippen molar-refractivity contribution in [1.82, 2.24) is 19.9 Å². The summed E-state index contributed by atoms with van der Waals surface area (Å²) in [7, 11) is 2.94. The van der Waals surface area contributed by atoms with Crippen molar-refractivity contribution in [1.29, 1.82) is 0 Å². The maximum atomic E-state index is 14.2. The molecular weight excluding hydrogens is 642 g/mol. The van der Waals surface area contributed by atoms with E-state index in [0.29, 0.717) is 23.2 Å². The van der Waals surface area contributed by atoms with Gasteiger partial charge < -0.3 is 19.4 Å². The summed E-state index contributed by atoms with van der Waals surface area (Å²) in [5.74, 6) is -0.499. The van der Waals surface area contributed by atoms with E-state index >= 15 is 0 Å². The van der Waals surface area contributed by atoms with Crippen molar-refractivity contribution in [2.45, 2.75) is 78.7 Å². The van der Waals surface area contributed by atoms with Crippen LogP contribution in [0.15, 0.2) is 30.3 Å². The predicted octanol–water partition coefficient (Wildman–Crippen LogP) is 7.58. The molecule has 47 heavy (non-hydrogen) atoms. The van der Waals surface area contributed by atoms with Gasteiger partial charge in [0.2, 0.25) is 0 Å². The van der Waals surface area contributed by atoms with Gasteiger partial charge in [-0.2, -0.15) is 0 Å². The first-order valence-electron chi connectivity index (χ1n) is 16.0. The van der Waals surface area contributed by atoms with Crippen LogP contribution in [0, 0.1) is 6.92 Å². The summed E-state index contributed by atoms with van der Waals surface area (Å²) < 4.78 is 10.8. The minimum atomic E-state index is -0.797. The van der Waals surface area contributed by atoms with Gasteiger partial charge >= 0.3 is 25.4 Å². The van der Waals surface area contributed by atoms with E-state index in [0.717, 1.165) is 85.4 Å². The average Bonchev–Trinajstić information content (AvgIpc) is 3.79. The molecule has 5 heterocycles. The maximum Gasteiger partial charge on any atom is 2.00 e. The van der Waals surface area contributed by atoms with Gasteiger partial charge in [-0.3, -0.25) is 9.59 Å². The number of esters is 1. The number of methoxy groups -OCH3 is 2. The Hall–Kier alpha value is -3.94. The summed E-state index contributed by atoms with van der Waals surface area (Å²) in [5.41, 5.74) is 13.2. The Balaban J connectivity index is 0.00000386. The second kappa shape index (κ2) is 11.9. The molecule has 4 aliphatic rings. The number of benzene rings is 1. The number of ketones is 1. The first kappa shape index (κ1) is 33.0. The molecule has 0 spiro atoms. The van der Waals surface area contributed by atoms with E-state index in [1.807, 2.05) is 19.9 Å². The van der Waals surface area contributed by atoms with Gasteiger partial charge in [0.25, 0.3) is 0 Å². The summed E-state index contributed by atoms with van der Waals surface area (Å²) in [6.45, 7) is 12.7. The zero-order valence-corrected chi connectivity index (χ0v) is 31.4. The number of carbonyl (C=O) groups is 2. The molecule has 2 aromatic heterocycles. The fourth-order valence-electron chi connectivity index (χ4n) is 7.59. The number of allylic oxidation sites excluding steroid dienone is 4. The fraction of sp³-hybridized carbons (Fsp3) is 0.368. The molecule has 0 radical (unpaired) electrons. The second-order valence-corrected chi connectivity index (χ2v) is 12.7. The third kappa shape index (κ3) is 4.68. The van der Waals surface area contributed by atoms with Gasteiger partial charge in [0, 0.05) is 19.1 Å². The summed E-state index contributed by atoms with van der Waals surface area (Å²) >= 11 is 0. The minimum Gasteiger partial charge on any atom is -0.660 e. The summed E-state index contributed by atoms with van der Waals surface area (Å²) in [6.07, 6.45) is 1.40. The van der Waals surface area contributed by atoms with Crippen LogP contribution in [0.1, 0.15) is 122 Å². The molecule has 3 aliphatic heterocycles. The molecule has 8 bridgehead atoms. The van der Waals surface area contributed by atoms with Crippen molar-refractivity contribution in [3.63, 3.8) is 0 Å². The van der Waals surface area contributed by atoms with Gasteiger partial charge in [-0.05, 0) is 78.7 Å². The van der Waals surface area contributed by atoms with Gasteiger partial charge in [-0.1, -0.05) is 62.2 Å². The summed E-state index contributed by atoms with van der Waals surface area (Å²) in [6, 6.07) is 10.5. The number of fused-ring (bicyclic) bond motifs is 8. The van der Waals surface area contributed by atoms with E-state index < -0.39 is 6.10 Å². The molecule has 8 nitrogen and oxygen atoms in total. The van der Waals surface area contributed by atoms with Gasteiger partial charge in [0.1, 0.15) is 6.10 Å². The molecule has 2 unspecified atom stereocenters. The number of hydrogen-bond donors (Lipinski definition) is 0. The molecule has 0 N–H and O–H groups in total. The smallest absolute Gasteiger partial charge is 0.660 e. The van der Waals surface area contributed by atoms with Gasteiger partial charge in [-0.15, -0.1) is 22.2 Å². The largest absolute Gasteiger partial charge is 2.00 e. The van der Waals surface area contributed by atoms with Crippen LogP contribution in [0.3, 0.4) is 0 Å². The van der Waals surface area contributed by atoms with Gasteiger partial charge in [0.15, 0.2) is 5.78 Å². The van der Waals surface area contributed by atoms with E-state index in [1.54, 1.807) is 7.11 Å². The van der Waals surface area contributed by atoms with Crippen LogP contribution in [0.25, 0.3) is 44.2 Å². The molecule has 0 fully saturated rings. The number of carbonyl (C=O) groups excluding carboxylic acids is 2. The van der Waals surface area contributed by atoms with Gasteiger partial charge in [0.05, 0.1) is 29.9 Å². The number of aryl methyl sites for hydroxylation is 1. The van der Waals surface area contributed by atoms with Crippen LogP contribution < -0.4 is 9.97 Å². The molecule has 236 valence electrons. The summed E-state index contributed by atoms with van der Waals surface area (Å²) in [5, 5.41) is 0.896. The standard InChI is InChI=1S/C38H39N4O4.Zn/c1-9-21-18(3)26-17-28-38(6,10-2)24-13-11-12-23(33(24)41-28)32-19(4)22(14-15-29(43)45-7)34(42-32)31-35-30(37(46-8)36(31)44)20(5)25(40-35)16-27(21)39-26;/h11-13,16-17,37H,9-10,14-15H2,1-8H3,(H-,39,40,41,42,44);/q-1;+2/p-1. The predicted molar refractivity (Wildman–Crippen MR) is 180 cm³/mol. The monoisotopic (exact) mass is 678 g/mol. The van der Waals surface area contributed by atoms with Crippen molar-refractivity contribution in [3.8, 4) is 0 Å².